The van der Waals surface area contributed by atoms with Crippen molar-refractivity contribution in [1.82, 2.24) is 25.2 Å². The minimum absolute atomic E-state index is 0.0128. The summed E-state index contributed by atoms with van der Waals surface area (Å²) >= 11 is 0. The van der Waals surface area contributed by atoms with Crippen LogP contribution in [0.4, 0.5) is 19.4 Å². The Labute approximate surface area is 178 Å². The van der Waals surface area contributed by atoms with E-state index in [4.69, 9.17) is 0 Å². The fourth-order valence-electron chi connectivity index (χ4n) is 3.72. The van der Waals surface area contributed by atoms with Crippen LogP contribution in [0.25, 0.3) is 22.0 Å². The number of fused-ring (bicyclic) bond motifs is 1. The molecule has 1 fully saturated rings. The quantitative estimate of drug-likeness (QED) is 0.630. The first-order valence-electron chi connectivity index (χ1n) is 10.3. The van der Waals surface area contributed by atoms with Crippen molar-refractivity contribution < 1.29 is 13.6 Å². The van der Waals surface area contributed by atoms with Crippen LogP contribution in [0.3, 0.4) is 0 Å². The molecule has 0 spiro atoms. The van der Waals surface area contributed by atoms with Crippen LogP contribution in [-0.4, -0.2) is 64.4 Å². The van der Waals surface area contributed by atoms with Crippen molar-refractivity contribution in [3.8, 4) is 11.3 Å². The maximum absolute atomic E-state index is 12.7. The van der Waals surface area contributed by atoms with E-state index in [9.17, 15) is 13.6 Å². The maximum Gasteiger partial charge on any atom is 0.323 e. The van der Waals surface area contributed by atoms with Crippen molar-refractivity contribution in [2.75, 3.05) is 31.8 Å². The number of urea groups is 1. The summed E-state index contributed by atoms with van der Waals surface area (Å²) in [4.78, 5) is 27.1. The van der Waals surface area contributed by atoms with Gasteiger partial charge in [-0.15, -0.1) is 0 Å². The van der Waals surface area contributed by atoms with Crippen molar-refractivity contribution in [3.63, 3.8) is 0 Å². The number of nitrogens with one attached hydrogen (secondary N) is 2. The van der Waals surface area contributed by atoms with Crippen molar-refractivity contribution >= 4 is 22.6 Å². The zero-order chi connectivity index (χ0) is 21.6. The Morgan fingerprint density at radius 1 is 1.06 bits per heavy atom. The Morgan fingerprint density at radius 3 is 2.58 bits per heavy atom. The van der Waals surface area contributed by atoms with Crippen LogP contribution in [0.1, 0.15) is 12.8 Å². The number of carbonyl (C=O) groups excluding carboxylic acids is 1. The van der Waals surface area contributed by atoms with Gasteiger partial charge in [0.05, 0.1) is 17.9 Å². The molecule has 0 radical (unpaired) electrons. The molecule has 0 aliphatic carbocycles. The molecule has 2 aromatic heterocycles. The van der Waals surface area contributed by atoms with E-state index in [1.807, 2.05) is 24.3 Å². The number of carbonyl (C=O) groups is 1. The third-order valence-corrected chi connectivity index (χ3v) is 5.44. The second kappa shape index (κ2) is 9.74. The standard InChI is InChI=1S/C22H24F2N6O/c23-11-19(12-24)28-18-3-7-30(8-4-18)22(31)29-21-10-17-9-15(1-2-16(17)13-27-21)20-14-25-5-6-26-20/h1-2,5-6,9-10,13-14,18-19,28H,3-4,7-8,11-12H2,(H,27,29,31). The first kappa shape index (κ1) is 21.0. The lowest BCUT2D eigenvalue weighted by molar-refractivity contribution is 0.179. The second-order valence-electron chi connectivity index (χ2n) is 7.59. The Balaban J connectivity index is 1.40. The van der Waals surface area contributed by atoms with Gasteiger partial charge in [0.25, 0.3) is 0 Å². The molecule has 1 saturated heterocycles. The van der Waals surface area contributed by atoms with E-state index in [1.54, 1.807) is 29.7 Å². The predicted molar refractivity (Wildman–Crippen MR) is 115 cm³/mol. The molecule has 1 aliphatic heterocycles. The molecule has 31 heavy (non-hydrogen) atoms. The van der Waals surface area contributed by atoms with Crippen molar-refractivity contribution in [2.24, 2.45) is 0 Å². The van der Waals surface area contributed by atoms with Gasteiger partial charge in [-0.3, -0.25) is 15.3 Å². The number of anilines is 1. The molecule has 0 saturated carbocycles. The van der Waals surface area contributed by atoms with Gasteiger partial charge in [0.15, 0.2) is 0 Å². The number of nitrogens with zero attached hydrogens (tertiary/aromatic N) is 4. The van der Waals surface area contributed by atoms with Crippen LogP contribution in [0, 0.1) is 0 Å². The molecule has 4 rings (SSSR count). The lowest BCUT2D eigenvalue weighted by Crippen LogP contribution is -2.49. The first-order chi connectivity index (χ1) is 15.2. The Bertz CT molecular complexity index is 1020. The Hall–Kier alpha value is -3.20. The highest BCUT2D eigenvalue weighted by atomic mass is 19.1. The van der Waals surface area contributed by atoms with E-state index in [2.05, 4.69) is 25.6 Å². The third-order valence-electron chi connectivity index (χ3n) is 5.44. The molecule has 3 aromatic rings. The van der Waals surface area contributed by atoms with E-state index in [0.717, 1.165) is 22.0 Å². The predicted octanol–water partition coefficient (Wildman–Crippen LogP) is 3.59. The molecule has 2 amide bonds. The van der Waals surface area contributed by atoms with E-state index < -0.39 is 19.4 Å². The van der Waals surface area contributed by atoms with Crippen LogP contribution >= 0.6 is 0 Å². The smallest absolute Gasteiger partial charge is 0.323 e. The fourth-order valence-corrected chi connectivity index (χ4v) is 3.72. The summed E-state index contributed by atoms with van der Waals surface area (Å²) in [5.41, 5.74) is 1.70. The summed E-state index contributed by atoms with van der Waals surface area (Å²) in [6.07, 6.45) is 7.99. The number of piperidine rings is 1. The number of aromatic nitrogens is 3. The van der Waals surface area contributed by atoms with Gasteiger partial charge in [0.1, 0.15) is 19.2 Å². The Morgan fingerprint density at radius 2 is 1.87 bits per heavy atom. The van der Waals surface area contributed by atoms with Crippen LogP contribution in [0.5, 0.6) is 0 Å². The summed E-state index contributed by atoms with van der Waals surface area (Å²) in [5.74, 6) is 0.462. The highest BCUT2D eigenvalue weighted by Crippen LogP contribution is 2.24. The molecule has 9 heteroatoms. The maximum atomic E-state index is 12.7. The monoisotopic (exact) mass is 426 g/mol. The number of hydrogen-bond acceptors (Lipinski definition) is 5. The summed E-state index contributed by atoms with van der Waals surface area (Å²) in [5, 5.41) is 7.70. The van der Waals surface area contributed by atoms with Crippen LogP contribution in [-0.2, 0) is 0 Å². The van der Waals surface area contributed by atoms with Gasteiger partial charge < -0.3 is 10.2 Å². The van der Waals surface area contributed by atoms with Crippen molar-refractivity contribution in [3.05, 3.63) is 49.1 Å². The third kappa shape index (κ3) is 5.11. The number of pyridine rings is 1. The van der Waals surface area contributed by atoms with Crippen LogP contribution in [0.2, 0.25) is 0 Å². The highest BCUT2D eigenvalue weighted by Gasteiger charge is 2.24. The number of alkyl halides is 2. The van der Waals surface area contributed by atoms with E-state index >= 15 is 0 Å². The second-order valence-corrected chi connectivity index (χ2v) is 7.59. The molecule has 3 heterocycles. The van der Waals surface area contributed by atoms with E-state index in [-0.39, 0.29) is 12.1 Å². The minimum atomic E-state index is -0.765. The molecular formula is C22H24F2N6O. The molecule has 0 atom stereocenters. The molecule has 162 valence electrons. The number of benzene rings is 1. The zero-order valence-electron chi connectivity index (χ0n) is 17.0. The SMILES string of the molecule is O=C(Nc1cc2cc(-c3cnccn3)ccc2cn1)N1CCC(NC(CF)CF)CC1. The number of halogens is 2. The average Bonchev–Trinajstić information content (AvgIpc) is 2.83. The van der Waals surface area contributed by atoms with Gasteiger partial charge in [-0.2, -0.15) is 0 Å². The molecule has 7 nitrogen and oxygen atoms in total. The lowest BCUT2D eigenvalue weighted by atomic mass is 10.0. The number of amides is 2. The molecule has 0 unspecified atom stereocenters. The summed E-state index contributed by atoms with van der Waals surface area (Å²) in [7, 11) is 0. The van der Waals surface area contributed by atoms with Crippen molar-refractivity contribution in [1.29, 1.82) is 0 Å². The number of likely N-dealkylation sites (tertiary alicyclic amines) is 1. The summed E-state index contributed by atoms with van der Waals surface area (Å²) in [6.45, 7) is -0.439. The average molecular weight is 426 g/mol. The molecule has 1 aromatic carbocycles. The largest absolute Gasteiger partial charge is 0.324 e. The number of rotatable bonds is 6. The zero-order valence-corrected chi connectivity index (χ0v) is 17.0. The summed E-state index contributed by atoms with van der Waals surface area (Å²) < 4.78 is 25.4. The highest BCUT2D eigenvalue weighted by molar-refractivity contribution is 5.93. The fraction of sp³-hybridized carbons (Fsp3) is 0.364. The molecule has 0 bridgehead atoms. The van der Waals surface area contributed by atoms with Crippen molar-refractivity contribution in [2.45, 2.75) is 24.9 Å². The van der Waals surface area contributed by atoms with Gasteiger partial charge in [-0.25, -0.2) is 18.6 Å². The van der Waals surface area contributed by atoms with Crippen LogP contribution in [0.15, 0.2) is 49.1 Å². The van der Waals surface area contributed by atoms with Gasteiger partial charge in [-0.05, 0) is 30.4 Å². The van der Waals surface area contributed by atoms with Gasteiger partial charge in [0.2, 0.25) is 0 Å². The molecule has 1 aliphatic rings. The molecular weight excluding hydrogens is 402 g/mol. The van der Waals surface area contributed by atoms with Gasteiger partial charge in [0, 0.05) is 48.7 Å². The number of hydrogen-bond donors (Lipinski definition) is 2. The first-order valence-corrected chi connectivity index (χ1v) is 10.3. The van der Waals surface area contributed by atoms with E-state index in [1.165, 1.54) is 0 Å². The minimum Gasteiger partial charge on any atom is -0.324 e. The van der Waals surface area contributed by atoms with Gasteiger partial charge in [-0.1, -0.05) is 12.1 Å². The van der Waals surface area contributed by atoms with Gasteiger partial charge >= 0.3 is 6.03 Å². The lowest BCUT2D eigenvalue weighted by Gasteiger charge is -2.33. The summed E-state index contributed by atoms with van der Waals surface area (Å²) in [6, 6.07) is 6.74. The van der Waals surface area contributed by atoms with Crippen LogP contribution < -0.4 is 10.6 Å². The molecule has 2 N–H and O–H groups in total. The van der Waals surface area contributed by atoms with E-state index in [0.29, 0.717) is 31.7 Å². The topological polar surface area (TPSA) is 83.0 Å². The Kier molecular flexibility index (Phi) is 6.61. The normalized spacial score (nSPS) is 14.9.